The van der Waals surface area contributed by atoms with Crippen molar-refractivity contribution in [1.29, 1.82) is 0 Å². The second kappa shape index (κ2) is 8.03. The molecule has 2 rings (SSSR count). The first kappa shape index (κ1) is 18.1. The van der Waals surface area contributed by atoms with Crippen LogP contribution in [-0.2, 0) is 13.6 Å². The lowest BCUT2D eigenvalue weighted by atomic mass is 10.0. The van der Waals surface area contributed by atoms with E-state index in [0.717, 1.165) is 16.8 Å². The van der Waals surface area contributed by atoms with Crippen LogP contribution in [-0.4, -0.2) is 32.5 Å². The molecular formula is C17H24N4O3. The molecule has 1 heterocycles. The van der Waals surface area contributed by atoms with E-state index in [2.05, 4.69) is 10.4 Å². The van der Waals surface area contributed by atoms with Crippen LogP contribution in [0.1, 0.15) is 25.8 Å². The molecule has 1 unspecified atom stereocenters. The van der Waals surface area contributed by atoms with Gasteiger partial charge in [-0.05, 0) is 31.0 Å². The van der Waals surface area contributed by atoms with Crippen molar-refractivity contribution in [3.05, 3.63) is 46.1 Å². The lowest BCUT2D eigenvalue weighted by Crippen LogP contribution is -2.23. The van der Waals surface area contributed by atoms with Gasteiger partial charge in [-0.1, -0.05) is 13.8 Å². The molecule has 2 N–H and O–H groups in total. The van der Waals surface area contributed by atoms with Gasteiger partial charge in [-0.2, -0.15) is 5.10 Å². The van der Waals surface area contributed by atoms with E-state index in [1.807, 2.05) is 27.1 Å². The van der Waals surface area contributed by atoms with Gasteiger partial charge in [0.15, 0.2) is 0 Å². The van der Waals surface area contributed by atoms with Crippen LogP contribution in [0.4, 0.5) is 5.69 Å². The molecule has 7 heteroatoms. The number of nitrogens with one attached hydrogen (secondary N) is 1. The third-order valence-corrected chi connectivity index (χ3v) is 3.96. The van der Waals surface area contributed by atoms with Crippen LogP contribution in [0, 0.1) is 16.0 Å². The minimum absolute atomic E-state index is 0.0667. The third kappa shape index (κ3) is 4.62. The summed E-state index contributed by atoms with van der Waals surface area (Å²) in [4.78, 5) is 10.3. The minimum Gasteiger partial charge on any atom is -0.393 e. The summed E-state index contributed by atoms with van der Waals surface area (Å²) < 4.78 is 1.73. The van der Waals surface area contributed by atoms with Crippen molar-refractivity contribution in [2.24, 2.45) is 13.0 Å². The Hall–Kier alpha value is -2.25. The number of aliphatic hydroxyl groups excluding tert-OH is 1. The first-order valence-electron chi connectivity index (χ1n) is 8.04. The standard InChI is InChI=1S/C17H24N4O3/c1-12(2)16(22)8-9-18-10-14-11-20(3)19-17(14)13-4-6-15(7-5-13)21(23)24/h4-7,11-12,16,18,22H,8-10H2,1-3H3. The summed E-state index contributed by atoms with van der Waals surface area (Å²) >= 11 is 0. The van der Waals surface area contributed by atoms with E-state index in [1.54, 1.807) is 16.8 Å². The van der Waals surface area contributed by atoms with E-state index < -0.39 is 4.92 Å². The van der Waals surface area contributed by atoms with Gasteiger partial charge in [0.05, 0.1) is 16.7 Å². The summed E-state index contributed by atoms with van der Waals surface area (Å²) in [5.41, 5.74) is 2.74. The number of aryl methyl sites for hydroxylation is 1. The smallest absolute Gasteiger partial charge is 0.269 e. The summed E-state index contributed by atoms with van der Waals surface area (Å²) in [6.07, 6.45) is 2.33. The maximum atomic E-state index is 10.8. The molecule has 1 atom stereocenters. The fourth-order valence-electron chi connectivity index (χ4n) is 2.46. The molecule has 24 heavy (non-hydrogen) atoms. The number of non-ortho nitro benzene ring substituents is 1. The minimum atomic E-state index is -0.412. The SMILES string of the molecule is CC(C)C(O)CCNCc1cn(C)nc1-c1ccc([N+](=O)[O-])cc1. The summed E-state index contributed by atoms with van der Waals surface area (Å²) in [7, 11) is 1.85. The van der Waals surface area contributed by atoms with Gasteiger partial charge >= 0.3 is 0 Å². The van der Waals surface area contributed by atoms with Crippen molar-refractivity contribution in [3.8, 4) is 11.3 Å². The zero-order valence-corrected chi connectivity index (χ0v) is 14.3. The quantitative estimate of drug-likeness (QED) is 0.440. The number of aliphatic hydroxyl groups is 1. The molecule has 0 amide bonds. The van der Waals surface area contributed by atoms with E-state index in [9.17, 15) is 15.2 Å². The average molecular weight is 332 g/mol. The number of hydrogen-bond acceptors (Lipinski definition) is 5. The highest BCUT2D eigenvalue weighted by molar-refractivity contribution is 5.64. The van der Waals surface area contributed by atoms with Crippen molar-refractivity contribution in [2.75, 3.05) is 6.54 Å². The summed E-state index contributed by atoms with van der Waals surface area (Å²) in [6.45, 7) is 5.34. The van der Waals surface area contributed by atoms with Crippen molar-refractivity contribution >= 4 is 5.69 Å². The normalized spacial score (nSPS) is 12.5. The van der Waals surface area contributed by atoms with Gasteiger partial charge in [-0.15, -0.1) is 0 Å². The summed E-state index contributed by atoms with van der Waals surface area (Å²) in [6, 6.07) is 6.40. The lowest BCUT2D eigenvalue weighted by molar-refractivity contribution is -0.384. The maximum absolute atomic E-state index is 10.8. The monoisotopic (exact) mass is 332 g/mol. The van der Waals surface area contributed by atoms with Crippen molar-refractivity contribution in [1.82, 2.24) is 15.1 Å². The van der Waals surface area contributed by atoms with E-state index >= 15 is 0 Å². The number of hydrogen-bond donors (Lipinski definition) is 2. The molecule has 0 saturated heterocycles. The van der Waals surface area contributed by atoms with Crippen LogP contribution in [0.3, 0.4) is 0 Å². The number of nitro benzene ring substituents is 1. The predicted molar refractivity (Wildman–Crippen MR) is 92.5 cm³/mol. The highest BCUT2D eigenvalue weighted by atomic mass is 16.6. The Bertz CT molecular complexity index is 680. The fraction of sp³-hybridized carbons (Fsp3) is 0.471. The van der Waals surface area contributed by atoms with Gasteiger partial charge in [-0.3, -0.25) is 14.8 Å². The molecule has 2 aromatic rings. The van der Waals surface area contributed by atoms with Crippen LogP contribution >= 0.6 is 0 Å². The highest BCUT2D eigenvalue weighted by Gasteiger charge is 2.13. The van der Waals surface area contributed by atoms with Crippen LogP contribution < -0.4 is 5.32 Å². The van der Waals surface area contributed by atoms with Gasteiger partial charge in [0.2, 0.25) is 0 Å². The van der Waals surface area contributed by atoms with E-state index in [4.69, 9.17) is 0 Å². The Balaban J connectivity index is 2.03. The molecule has 0 saturated carbocycles. The van der Waals surface area contributed by atoms with Crippen LogP contribution in [0.25, 0.3) is 11.3 Å². The van der Waals surface area contributed by atoms with Crippen LogP contribution in [0.2, 0.25) is 0 Å². The Morgan fingerprint density at radius 1 is 1.33 bits per heavy atom. The summed E-state index contributed by atoms with van der Waals surface area (Å²) in [5.74, 6) is 0.251. The Kier molecular flexibility index (Phi) is 6.05. The van der Waals surface area contributed by atoms with Gasteiger partial charge < -0.3 is 10.4 Å². The Labute approximate surface area is 141 Å². The number of nitrogens with zero attached hydrogens (tertiary/aromatic N) is 3. The van der Waals surface area contributed by atoms with Gasteiger partial charge in [0.25, 0.3) is 5.69 Å². The molecule has 0 aliphatic rings. The Morgan fingerprint density at radius 2 is 2.00 bits per heavy atom. The van der Waals surface area contributed by atoms with Crippen molar-refractivity contribution < 1.29 is 10.0 Å². The number of rotatable bonds is 8. The molecular weight excluding hydrogens is 308 g/mol. The van der Waals surface area contributed by atoms with Gasteiger partial charge in [0.1, 0.15) is 0 Å². The lowest BCUT2D eigenvalue weighted by Gasteiger charge is -2.14. The Morgan fingerprint density at radius 3 is 2.58 bits per heavy atom. The highest BCUT2D eigenvalue weighted by Crippen LogP contribution is 2.24. The first-order valence-corrected chi connectivity index (χ1v) is 8.04. The third-order valence-electron chi connectivity index (χ3n) is 3.96. The number of benzene rings is 1. The zero-order chi connectivity index (χ0) is 17.7. The molecule has 7 nitrogen and oxygen atoms in total. The zero-order valence-electron chi connectivity index (χ0n) is 14.3. The number of aromatic nitrogens is 2. The van der Waals surface area contributed by atoms with E-state index in [0.29, 0.717) is 19.5 Å². The van der Waals surface area contributed by atoms with Gasteiger partial charge in [-0.25, -0.2) is 0 Å². The van der Waals surface area contributed by atoms with Crippen LogP contribution in [0.15, 0.2) is 30.5 Å². The molecule has 0 aliphatic carbocycles. The molecule has 0 radical (unpaired) electrons. The fourth-order valence-corrected chi connectivity index (χ4v) is 2.46. The molecule has 0 aliphatic heterocycles. The van der Waals surface area contributed by atoms with Crippen LogP contribution in [0.5, 0.6) is 0 Å². The van der Waals surface area contributed by atoms with E-state index in [1.165, 1.54) is 12.1 Å². The maximum Gasteiger partial charge on any atom is 0.269 e. The largest absolute Gasteiger partial charge is 0.393 e. The first-order chi connectivity index (χ1) is 11.4. The molecule has 0 bridgehead atoms. The second-order valence-corrected chi connectivity index (χ2v) is 6.26. The average Bonchev–Trinajstić information content (AvgIpc) is 2.92. The topological polar surface area (TPSA) is 93.2 Å². The van der Waals surface area contributed by atoms with Crippen molar-refractivity contribution in [2.45, 2.75) is 32.9 Å². The molecule has 130 valence electrons. The molecule has 0 fully saturated rings. The van der Waals surface area contributed by atoms with Gasteiger partial charge in [0, 0.05) is 43.0 Å². The van der Waals surface area contributed by atoms with E-state index in [-0.39, 0.29) is 17.7 Å². The summed E-state index contributed by atoms with van der Waals surface area (Å²) in [5, 5.41) is 28.3. The molecule has 1 aromatic carbocycles. The predicted octanol–water partition coefficient (Wildman–Crippen LogP) is 2.49. The molecule has 0 spiro atoms. The second-order valence-electron chi connectivity index (χ2n) is 6.26. The van der Waals surface area contributed by atoms with Crippen molar-refractivity contribution in [3.63, 3.8) is 0 Å². The number of nitro groups is 1. The molecule has 1 aromatic heterocycles.